The van der Waals surface area contributed by atoms with E-state index in [0.717, 1.165) is 11.1 Å². The fourth-order valence-corrected chi connectivity index (χ4v) is 3.33. The van der Waals surface area contributed by atoms with Gasteiger partial charge >= 0.3 is 0 Å². The fraction of sp³-hybridized carbons (Fsp3) is 0.350. The molecule has 0 aromatic heterocycles. The lowest BCUT2D eigenvalue weighted by Gasteiger charge is -2.16. The van der Waals surface area contributed by atoms with Crippen molar-refractivity contribution in [1.29, 1.82) is 0 Å². The Morgan fingerprint density at radius 2 is 1.96 bits per heavy atom. The zero-order chi connectivity index (χ0) is 18.4. The molecule has 1 amide bonds. The molecule has 0 aliphatic rings. The molecule has 0 heterocycles. The average molecular weight is 361 g/mol. The summed E-state index contributed by atoms with van der Waals surface area (Å²) in [6.07, 6.45) is 0. The molecule has 25 heavy (non-hydrogen) atoms. The van der Waals surface area contributed by atoms with E-state index in [2.05, 4.69) is 31.3 Å². The SMILES string of the molecule is COc1ccc(F)cc1CSCC(=O)N[C@@H](C)c1ccc(C)c(C)c1. The average Bonchev–Trinajstić information content (AvgIpc) is 2.57. The van der Waals surface area contributed by atoms with Gasteiger partial charge in [-0.05, 0) is 55.7 Å². The lowest BCUT2D eigenvalue weighted by Crippen LogP contribution is -2.28. The van der Waals surface area contributed by atoms with Crippen molar-refractivity contribution in [1.82, 2.24) is 5.32 Å². The van der Waals surface area contributed by atoms with Gasteiger partial charge in [-0.1, -0.05) is 18.2 Å². The Morgan fingerprint density at radius 3 is 2.64 bits per heavy atom. The number of benzene rings is 2. The molecule has 0 unspecified atom stereocenters. The lowest BCUT2D eigenvalue weighted by atomic mass is 10.0. The van der Waals surface area contributed by atoms with Crippen LogP contribution in [0.5, 0.6) is 5.75 Å². The van der Waals surface area contributed by atoms with Crippen molar-refractivity contribution in [3.63, 3.8) is 0 Å². The Labute approximate surface area is 153 Å². The van der Waals surface area contributed by atoms with Crippen LogP contribution in [0.15, 0.2) is 36.4 Å². The van der Waals surface area contributed by atoms with Crippen LogP contribution in [0.3, 0.4) is 0 Å². The van der Waals surface area contributed by atoms with E-state index in [4.69, 9.17) is 4.74 Å². The van der Waals surface area contributed by atoms with Gasteiger partial charge < -0.3 is 10.1 Å². The predicted molar refractivity (Wildman–Crippen MR) is 102 cm³/mol. The number of hydrogen-bond donors (Lipinski definition) is 1. The quantitative estimate of drug-likeness (QED) is 0.785. The van der Waals surface area contributed by atoms with E-state index < -0.39 is 0 Å². The minimum absolute atomic E-state index is 0.0360. The summed E-state index contributed by atoms with van der Waals surface area (Å²) in [5.74, 6) is 1.13. The zero-order valence-corrected chi connectivity index (χ0v) is 15.9. The van der Waals surface area contributed by atoms with Crippen LogP contribution in [0.25, 0.3) is 0 Å². The lowest BCUT2D eigenvalue weighted by molar-refractivity contribution is -0.119. The molecule has 134 valence electrons. The Morgan fingerprint density at radius 1 is 1.20 bits per heavy atom. The number of aryl methyl sites for hydroxylation is 2. The van der Waals surface area contributed by atoms with Gasteiger partial charge in [0.1, 0.15) is 11.6 Å². The van der Waals surface area contributed by atoms with Crippen LogP contribution < -0.4 is 10.1 Å². The maximum atomic E-state index is 13.3. The summed E-state index contributed by atoms with van der Waals surface area (Å²) in [4.78, 5) is 12.2. The minimum Gasteiger partial charge on any atom is -0.496 e. The first-order valence-electron chi connectivity index (χ1n) is 8.17. The van der Waals surface area contributed by atoms with Gasteiger partial charge in [0.05, 0.1) is 18.9 Å². The maximum Gasteiger partial charge on any atom is 0.230 e. The third-order valence-corrected chi connectivity index (χ3v) is 5.12. The first kappa shape index (κ1) is 19.3. The number of carbonyl (C=O) groups excluding carboxylic acids is 1. The summed E-state index contributed by atoms with van der Waals surface area (Å²) in [5.41, 5.74) is 4.30. The number of rotatable bonds is 7. The zero-order valence-electron chi connectivity index (χ0n) is 15.1. The molecule has 1 N–H and O–H groups in total. The van der Waals surface area contributed by atoms with Gasteiger partial charge in [-0.3, -0.25) is 4.79 Å². The number of methoxy groups -OCH3 is 1. The number of hydrogen-bond acceptors (Lipinski definition) is 3. The Hall–Kier alpha value is -2.01. The van der Waals surface area contributed by atoms with Gasteiger partial charge in [0.25, 0.3) is 0 Å². The summed E-state index contributed by atoms with van der Waals surface area (Å²) in [6.45, 7) is 6.11. The van der Waals surface area contributed by atoms with Crippen LogP contribution in [0, 0.1) is 19.7 Å². The largest absolute Gasteiger partial charge is 0.496 e. The van der Waals surface area contributed by atoms with E-state index in [9.17, 15) is 9.18 Å². The first-order valence-corrected chi connectivity index (χ1v) is 9.33. The van der Waals surface area contributed by atoms with Gasteiger partial charge in [0.2, 0.25) is 5.91 Å². The number of nitrogens with one attached hydrogen (secondary N) is 1. The van der Waals surface area contributed by atoms with Gasteiger partial charge in [-0.15, -0.1) is 11.8 Å². The van der Waals surface area contributed by atoms with E-state index in [1.54, 1.807) is 13.2 Å². The summed E-state index contributed by atoms with van der Waals surface area (Å²) < 4.78 is 18.6. The molecule has 0 bridgehead atoms. The van der Waals surface area contributed by atoms with Crippen molar-refractivity contribution >= 4 is 17.7 Å². The molecule has 0 aliphatic carbocycles. The molecule has 0 saturated carbocycles. The summed E-state index contributed by atoms with van der Waals surface area (Å²) in [5, 5.41) is 3.00. The second kappa shape index (κ2) is 8.90. The minimum atomic E-state index is -0.302. The van der Waals surface area contributed by atoms with Gasteiger partial charge in [0, 0.05) is 11.3 Å². The Balaban J connectivity index is 1.86. The van der Waals surface area contributed by atoms with E-state index in [-0.39, 0.29) is 17.8 Å². The number of amides is 1. The first-order chi connectivity index (χ1) is 11.9. The van der Waals surface area contributed by atoms with Gasteiger partial charge in [0.15, 0.2) is 0 Å². The molecule has 3 nitrogen and oxygen atoms in total. The van der Waals surface area contributed by atoms with Crippen LogP contribution in [0.2, 0.25) is 0 Å². The topological polar surface area (TPSA) is 38.3 Å². The fourth-order valence-electron chi connectivity index (χ4n) is 2.51. The molecule has 2 aromatic carbocycles. The third kappa shape index (κ3) is 5.49. The molecule has 5 heteroatoms. The number of ether oxygens (including phenoxy) is 1. The van der Waals surface area contributed by atoms with E-state index >= 15 is 0 Å². The van der Waals surface area contributed by atoms with Crippen molar-refractivity contribution in [3.8, 4) is 5.75 Å². The Kier molecular flexibility index (Phi) is 6.88. The molecular formula is C20H24FNO2S. The van der Waals surface area contributed by atoms with Crippen molar-refractivity contribution in [3.05, 3.63) is 64.5 Å². The number of thioether (sulfide) groups is 1. The van der Waals surface area contributed by atoms with Crippen LogP contribution >= 0.6 is 11.8 Å². The standard InChI is InChI=1S/C20H24FNO2S/c1-13-5-6-16(9-14(13)2)15(3)22-20(23)12-25-11-17-10-18(21)7-8-19(17)24-4/h5-10,15H,11-12H2,1-4H3,(H,22,23)/t15-/m0/s1. The molecular weight excluding hydrogens is 337 g/mol. The van der Waals surface area contributed by atoms with Crippen molar-refractivity contribution in [2.75, 3.05) is 12.9 Å². The number of halogens is 1. The highest BCUT2D eigenvalue weighted by atomic mass is 32.2. The molecule has 1 atom stereocenters. The highest BCUT2D eigenvalue weighted by Crippen LogP contribution is 2.24. The van der Waals surface area contributed by atoms with E-state index in [1.807, 2.05) is 13.0 Å². The second-order valence-corrected chi connectivity index (χ2v) is 7.07. The van der Waals surface area contributed by atoms with Crippen LogP contribution in [0.4, 0.5) is 4.39 Å². The molecule has 2 rings (SSSR count). The van der Waals surface area contributed by atoms with Crippen LogP contribution in [0.1, 0.15) is 35.2 Å². The highest BCUT2D eigenvalue weighted by molar-refractivity contribution is 7.99. The molecule has 0 aliphatic heterocycles. The van der Waals surface area contributed by atoms with E-state index in [0.29, 0.717) is 17.3 Å². The normalized spacial score (nSPS) is 11.9. The molecule has 0 spiro atoms. The predicted octanol–water partition coefficient (Wildman–Crippen LogP) is 4.56. The smallest absolute Gasteiger partial charge is 0.230 e. The van der Waals surface area contributed by atoms with Crippen LogP contribution in [-0.4, -0.2) is 18.8 Å². The van der Waals surface area contributed by atoms with Crippen LogP contribution in [-0.2, 0) is 10.5 Å². The highest BCUT2D eigenvalue weighted by Gasteiger charge is 2.11. The summed E-state index contributed by atoms with van der Waals surface area (Å²) in [6, 6.07) is 10.6. The van der Waals surface area contributed by atoms with Crippen molar-refractivity contribution in [2.24, 2.45) is 0 Å². The summed E-state index contributed by atoms with van der Waals surface area (Å²) in [7, 11) is 1.55. The van der Waals surface area contributed by atoms with Crippen molar-refractivity contribution in [2.45, 2.75) is 32.6 Å². The third-order valence-electron chi connectivity index (χ3n) is 4.14. The van der Waals surface area contributed by atoms with Gasteiger partial charge in [-0.2, -0.15) is 0 Å². The van der Waals surface area contributed by atoms with Gasteiger partial charge in [-0.25, -0.2) is 4.39 Å². The monoisotopic (exact) mass is 361 g/mol. The molecule has 2 aromatic rings. The van der Waals surface area contributed by atoms with E-state index in [1.165, 1.54) is 35.0 Å². The molecule has 0 radical (unpaired) electrons. The van der Waals surface area contributed by atoms with Crippen molar-refractivity contribution < 1.29 is 13.9 Å². The number of carbonyl (C=O) groups is 1. The second-order valence-electron chi connectivity index (χ2n) is 6.08. The Bertz CT molecular complexity index is 748. The molecule has 0 saturated heterocycles. The maximum absolute atomic E-state index is 13.3. The molecule has 0 fully saturated rings. The summed E-state index contributed by atoms with van der Waals surface area (Å²) >= 11 is 1.44.